The van der Waals surface area contributed by atoms with Crippen LogP contribution in [0.15, 0.2) is 85.3 Å². The van der Waals surface area contributed by atoms with Gasteiger partial charge in [-0.25, -0.2) is 0 Å². The molecule has 2 aromatic heterocycles. The Labute approximate surface area is 203 Å². The molecular formula is C27H28N4O4. The highest BCUT2D eigenvalue weighted by atomic mass is 16.5. The second-order valence-electron chi connectivity index (χ2n) is 8.60. The number of fused-ring (bicyclic) bond motifs is 1. The lowest BCUT2D eigenvalue weighted by atomic mass is 9.85. The zero-order chi connectivity index (χ0) is 24.7. The molecule has 8 heteroatoms. The first-order valence-electron chi connectivity index (χ1n) is 11.4. The van der Waals surface area contributed by atoms with E-state index in [2.05, 4.69) is 9.97 Å². The summed E-state index contributed by atoms with van der Waals surface area (Å²) in [4.78, 5) is 22.4. The third-order valence-electron chi connectivity index (χ3n) is 6.11. The summed E-state index contributed by atoms with van der Waals surface area (Å²) in [6.45, 7) is 1.05. The number of aliphatic hydroxyl groups is 1. The maximum atomic E-state index is 12.5. The number of aromatic hydroxyl groups is 1. The summed E-state index contributed by atoms with van der Waals surface area (Å²) in [7, 11) is 0. The van der Waals surface area contributed by atoms with Crippen LogP contribution in [0.4, 0.5) is 5.69 Å². The van der Waals surface area contributed by atoms with Crippen LogP contribution in [0.5, 0.6) is 5.75 Å². The van der Waals surface area contributed by atoms with Gasteiger partial charge in [-0.1, -0.05) is 24.3 Å². The molecule has 1 saturated heterocycles. The van der Waals surface area contributed by atoms with Crippen molar-refractivity contribution in [1.82, 2.24) is 14.9 Å². The molecule has 0 unspecified atom stereocenters. The van der Waals surface area contributed by atoms with Gasteiger partial charge in [0.05, 0.1) is 11.3 Å². The largest absolute Gasteiger partial charge is 0.506 e. The number of piperidine rings is 1. The molecule has 5 rings (SSSR count). The third-order valence-corrected chi connectivity index (χ3v) is 6.11. The van der Waals surface area contributed by atoms with E-state index in [-0.39, 0.29) is 11.7 Å². The first-order chi connectivity index (χ1) is 17.0. The van der Waals surface area contributed by atoms with Crippen LogP contribution < -0.4 is 5.48 Å². The molecule has 0 atom stereocenters. The van der Waals surface area contributed by atoms with Crippen molar-refractivity contribution in [1.29, 1.82) is 0 Å². The van der Waals surface area contributed by atoms with E-state index in [1.54, 1.807) is 59.9 Å². The minimum absolute atomic E-state index is 0.0529. The van der Waals surface area contributed by atoms with Gasteiger partial charge in [0.15, 0.2) is 0 Å². The number of nitrogens with one attached hydrogen (secondary N) is 1. The van der Waals surface area contributed by atoms with E-state index in [1.165, 1.54) is 0 Å². The molecule has 35 heavy (non-hydrogen) atoms. The number of pyridine rings is 2. The van der Waals surface area contributed by atoms with Crippen LogP contribution in [0.1, 0.15) is 28.8 Å². The molecule has 1 amide bonds. The van der Waals surface area contributed by atoms with Crippen molar-refractivity contribution in [3.05, 3.63) is 96.4 Å². The SMILES string of the molecule is O=C(c1ccc(NO)cc1)N1CCC(O)(Cc2cccnc2)CC1.Oc1cccc2cccnc12. The van der Waals surface area contributed by atoms with Gasteiger partial charge < -0.3 is 15.1 Å². The first-order valence-corrected chi connectivity index (χ1v) is 11.4. The molecule has 3 heterocycles. The van der Waals surface area contributed by atoms with Gasteiger partial charge in [0.25, 0.3) is 5.91 Å². The normalized spacial score (nSPS) is 14.6. The third kappa shape index (κ3) is 6.11. The second kappa shape index (κ2) is 10.9. The van der Waals surface area contributed by atoms with Crippen LogP contribution in [0.25, 0.3) is 10.9 Å². The van der Waals surface area contributed by atoms with Crippen LogP contribution in [0.2, 0.25) is 0 Å². The molecule has 0 radical (unpaired) electrons. The summed E-state index contributed by atoms with van der Waals surface area (Å²) in [5, 5.41) is 29.9. The Kier molecular flexibility index (Phi) is 7.54. The fourth-order valence-electron chi connectivity index (χ4n) is 4.14. The van der Waals surface area contributed by atoms with Gasteiger partial charge in [-0.3, -0.25) is 25.4 Å². The molecule has 0 saturated carbocycles. The van der Waals surface area contributed by atoms with E-state index >= 15 is 0 Å². The van der Waals surface area contributed by atoms with Crippen molar-refractivity contribution in [3.8, 4) is 5.75 Å². The number of anilines is 1. The lowest BCUT2D eigenvalue weighted by molar-refractivity contribution is -0.0163. The van der Waals surface area contributed by atoms with Gasteiger partial charge >= 0.3 is 0 Å². The van der Waals surface area contributed by atoms with Crippen LogP contribution in [0.3, 0.4) is 0 Å². The molecule has 4 aromatic rings. The van der Waals surface area contributed by atoms with E-state index in [9.17, 15) is 15.0 Å². The summed E-state index contributed by atoms with van der Waals surface area (Å²) in [6, 6.07) is 19.6. The number of amides is 1. The predicted molar refractivity (Wildman–Crippen MR) is 133 cm³/mol. The van der Waals surface area contributed by atoms with Crippen molar-refractivity contribution >= 4 is 22.5 Å². The molecule has 0 aliphatic carbocycles. The summed E-state index contributed by atoms with van der Waals surface area (Å²) in [5.74, 6) is 0.186. The van der Waals surface area contributed by atoms with Crippen molar-refractivity contribution < 1.29 is 20.2 Å². The quantitative estimate of drug-likeness (QED) is 0.331. The van der Waals surface area contributed by atoms with E-state index in [0.717, 1.165) is 10.9 Å². The van der Waals surface area contributed by atoms with Gasteiger partial charge in [-0.2, -0.15) is 0 Å². The molecular weight excluding hydrogens is 444 g/mol. The van der Waals surface area contributed by atoms with Crippen LogP contribution in [-0.4, -0.2) is 54.9 Å². The van der Waals surface area contributed by atoms with E-state index < -0.39 is 5.60 Å². The zero-order valence-corrected chi connectivity index (χ0v) is 19.2. The Bertz CT molecular complexity index is 1250. The maximum Gasteiger partial charge on any atom is 0.253 e. The van der Waals surface area contributed by atoms with Gasteiger partial charge in [-0.05, 0) is 60.9 Å². The van der Waals surface area contributed by atoms with Crippen molar-refractivity contribution in [3.63, 3.8) is 0 Å². The van der Waals surface area contributed by atoms with Crippen molar-refractivity contribution in [2.75, 3.05) is 18.6 Å². The first kappa shape index (κ1) is 24.1. The fraction of sp³-hybridized carbons (Fsp3) is 0.222. The number of phenols is 1. The van der Waals surface area contributed by atoms with Gasteiger partial charge in [0.1, 0.15) is 11.3 Å². The number of hydrogen-bond acceptors (Lipinski definition) is 7. The molecule has 1 aliphatic rings. The highest BCUT2D eigenvalue weighted by molar-refractivity contribution is 5.94. The summed E-state index contributed by atoms with van der Waals surface area (Å²) in [5.41, 5.74) is 4.04. The molecule has 180 valence electrons. The minimum atomic E-state index is -0.787. The monoisotopic (exact) mass is 472 g/mol. The van der Waals surface area contributed by atoms with E-state index in [4.69, 9.17) is 5.21 Å². The van der Waals surface area contributed by atoms with E-state index in [1.807, 2.05) is 35.8 Å². The predicted octanol–water partition coefficient (Wildman–Crippen LogP) is 4.03. The molecule has 1 aliphatic heterocycles. The Morgan fingerprint density at radius 2 is 1.69 bits per heavy atom. The number of carbonyl (C=O) groups is 1. The topological polar surface area (TPSA) is 119 Å². The van der Waals surface area contributed by atoms with Crippen LogP contribution in [0, 0.1) is 0 Å². The standard InChI is InChI=1S/C18H21N3O3.C9H7NO/c22-17(15-3-5-16(20-24)6-4-15)21-10-7-18(23,8-11-21)12-14-2-1-9-19-13-14;11-8-5-1-3-7-4-2-6-10-9(7)8/h1-6,9,13,20,23-24H,7-8,10-12H2;1-6,11H. The number of para-hydroxylation sites is 1. The fourth-order valence-corrected chi connectivity index (χ4v) is 4.14. The lowest BCUT2D eigenvalue weighted by Gasteiger charge is -2.38. The van der Waals surface area contributed by atoms with Gasteiger partial charge in [0, 0.05) is 49.1 Å². The summed E-state index contributed by atoms with van der Waals surface area (Å²) >= 11 is 0. The summed E-state index contributed by atoms with van der Waals surface area (Å²) < 4.78 is 0. The number of rotatable bonds is 4. The highest BCUT2D eigenvalue weighted by Gasteiger charge is 2.34. The Morgan fingerprint density at radius 1 is 0.971 bits per heavy atom. The molecule has 4 N–H and O–H groups in total. The van der Waals surface area contributed by atoms with Gasteiger partial charge in [0.2, 0.25) is 0 Å². The zero-order valence-electron chi connectivity index (χ0n) is 19.2. The average Bonchev–Trinajstić information content (AvgIpc) is 2.90. The van der Waals surface area contributed by atoms with E-state index in [0.29, 0.717) is 49.1 Å². The number of phenolic OH excluding ortho intramolecular Hbond substituents is 1. The number of likely N-dealkylation sites (tertiary alicyclic amines) is 1. The van der Waals surface area contributed by atoms with Crippen LogP contribution >= 0.6 is 0 Å². The number of nitrogens with zero attached hydrogens (tertiary/aromatic N) is 3. The summed E-state index contributed by atoms with van der Waals surface area (Å²) in [6.07, 6.45) is 6.80. The van der Waals surface area contributed by atoms with Crippen LogP contribution in [-0.2, 0) is 6.42 Å². The molecule has 2 aromatic carbocycles. The molecule has 8 nitrogen and oxygen atoms in total. The molecule has 1 fully saturated rings. The number of benzene rings is 2. The Balaban J connectivity index is 0.000000218. The highest BCUT2D eigenvalue weighted by Crippen LogP contribution is 2.27. The number of aromatic nitrogens is 2. The molecule has 0 spiro atoms. The average molecular weight is 473 g/mol. The Hall–Kier alpha value is -4.01. The van der Waals surface area contributed by atoms with Gasteiger partial charge in [-0.15, -0.1) is 0 Å². The van der Waals surface area contributed by atoms with Crippen molar-refractivity contribution in [2.45, 2.75) is 24.9 Å². The smallest absolute Gasteiger partial charge is 0.253 e. The van der Waals surface area contributed by atoms with Crippen molar-refractivity contribution in [2.24, 2.45) is 0 Å². The number of carbonyl (C=O) groups excluding carboxylic acids is 1. The molecule has 0 bridgehead atoms. The second-order valence-corrected chi connectivity index (χ2v) is 8.60. The maximum absolute atomic E-state index is 12.5. The lowest BCUT2D eigenvalue weighted by Crippen LogP contribution is -2.47. The number of hydrogen-bond donors (Lipinski definition) is 4. The Morgan fingerprint density at radius 3 is 2.34 bits per heavy atom. The minimum Gasteiger partial charge on any atom is -0.506 e.